The molecule has 0 aliphatic heterocycles. The lowest BCUT2D eigenvalue weighted by Crippen LogP contribution is -2.30. The third-order valence-electron chi connectivity index (χ3n) is 3.46. The molecule has 0 spiro atoms. The summed E-state index contributed by atoms with van der Waals surface area (Å²) in [6.07, 6.45) is 0. The summed E-state index contributed by atoms with van der Waals surface area (Å²) < 4.78 is 19.2. The van der Waals surface area contributed by atoms with E-state index in [4.69, 9.17) is 16.1 Å². The second-order valence-corrected chi connectivity index (χ2v) is 5.58. The minimum absolute atomic E-state index is 0.0656. The Balaban J connectivity index is 1.90. The van der Waals surface area contributed by atoms with Gasteiger partial charge in [0.05, 0.1) is 16.4 Å². The van der Waals surface area contributed by atoms with Crippen LogP contribution < -0.4 is 10.9 Å². The van der Waals surface area contributed by atoms with Crippen molar-refractivity contribution in [1.82, 2.24) is 14.7 Å². The molecular formula is C15H12ClFN4O3. The Morgan fingerprint density at radius 3 is 2.88 bits per heavy atom. The number of benzene rings is 1. The van der Waals surface area contributed by atoms with E-state index in [0.717, 1.165) is 6.07 Å². The number of nitrogens with one attached hydrogen (secondary N) is 1. The van der Waals surface area contributed by atoms with Gasteiger partial charge in [0, 0.05) is 0 Å². The van der Waals surface area contributed by atoms with Gasteiger partial charge in [0.25, 0.3) is 11.3 Å². The van der Waals surface area contributed by atoms with Crippen LogP contribution in [0.1, 0.15) is 11.5 Å². The molecule has 0 unspecified atom stereocenters. The van der Waals surface area contributed by atoms with Gasteiger partial charge in [-0.05, 0) is 32.0 Å². The maximum atomic E-state index is 13.0. The van der Waals surface area contributed by atoms with E-state index in [1.165, 1.54) is 16.7 Å². The van der Waals surface area contributed by atoms with Crippen LogP contribution >= 0.6 is 11.6 Å². The highest BCUT2D eigenvalue weighted by Crippen LogP contribution is 2.22. The third kappa shape index (κ3) is 2.88. The average molecular weight is 351 g/mol. The highest BCUT2D eigenvalue weighted by molar-refractivity contribution is 6.33. The fourth-order valence-electron chi connectivity index (χ4n) is 2.28. The Labute approximate surface area is 140 Å². The lowest BCUT2D eigenvalue weighted by Gasteiger charge is -2.10. The van der Waals surface area contributed by atoms with E-state index in [-0.39, 0.29) is 28.4 Å². The minimum atomic E-state index is -0.511. The number of hydrogen-bond acceptors (Lipinski definition) is 5. The first-order valence-corrected chi connectivity index (χ1v) is 7.33. The zero-order valence-corrected chi connectivity index (χ0v) is 13.5. The second kappa shape index (κ2) is 6.04. The van der Waals surface area contributed by atoms with Crippen molar-refractivity contribution in [2.75, 3.05) is 5.32 Å². The van der Waals surface area contributed by atoms with E-state index < -0.39 is 17.3 Å². The van der Waals surface area contributed by atoms with Crippen molar-refractivity contribution in [3.8, 4) is 0 Å². The molecule has 0 fully saturated rings. The van der Waals surface area contributed by atoms with Crippen molar-refractivity contribution in [3.63, 3.8) is 0 Å². The van der Waals surface area contributed by atoms with E-state index in [9.17, 15) is 14.0 Å². The summed E-state index contributed by atoms with van der Waals surface area (Å²) in [5, 5.41) is 6.53. The molecule has 1 amide bonds. The van der Waals surface area contributed by atoms with Gasteiger partial charge in [-0.1, -0.05) is 16.8 Å². The van der Waals surface area contributed by atoms with Gasteiger partial charge in [0.1, 0.15) is 23.6 Å². The van der Waals surface area contributed by atoms with Crippen molar-refractivity contribution in [2.45, 2.75) is 20.4 Å². The van der Waals surface area contributed by atoms with E-state index >= 15 is 0 Å². The van der Waals surface area contributed by atoms with Crippen molar-refractivity contribution in [1.29, 1.82) is 0 Å². The largest absolute Gasteiger partial charge is 0.335 e. The molecule has 24 heavy (non-hydrogen) atoms. The normalized spacial score (nSPS) is 11.0. The van der Waals surface area contributed by atoms with Crippen LogP contribution in [0.3, 0.4) is 0 Å². The monoisotopic (exact) mass is 350 g/mol. The van der Waals surface area contributed by atoms with Crippen LogP contribution in [0.25, 0.3) is 11.1 Å². The molecule has 0 saturated carbocycles. The molecule has 0 bridgehead atoms. The molecule has 2 aromatic heterocycles. The van der Waals surface area contributed by atoms with Gasteiger partial charge in [-0.3, -0.25) is 14.2 Å². The number of hydrogen-bond donors (Lipinski definition) is 1. The molecule has 3 rings (SSSR count). The first kappa shape index (κ1) is 16.1. The summed E-state index contributed by atoms with van der Waals surface area (Å²) in [5.41, 5.74) is 0.368. The topological polar surface area (TPSA) is 90.0 Å². The van der Waals surface area contributed by atoms with Crippen molar-refractivity contribution < 1.29 is 13.7 Å². The lowest BCUT2D eigenvalue weighted by molar-refractivity contribution is -0.116. The van der Waals surface area contributed by atoms with Gasteiger partial charge in [-0.25, -0.2) is 4.39 Å². The van der Waals surface area contributed by atoms with Crippen LogP contribution in [0.5, 0.6) is 0 Å². The summed E-state index contributed by atoms with van der Waals surface area (Å²) in [6, 6.07) is 3.60. The summed E-state index contributed by atoms with van der Waals surface area (Å²) >= 11 is 5.87. The molecule has 1 N–H and O–H groups in total. The van der Waals surface area contributed by atoms with Gasteiger partial charge in [0.2, 0.25) is 5.91 Å². The number of aromatic nitrogens is 3. The first-order chi connectivity index (χ1) is 11.4. The molecule has 9 heteroatoms. The van der Waals surface area contributed by atoms with Crippen LogP contribution in [0.2, 0.25) is 5.02 Å². The molecule has 3 aromatic rings. The first-order valence-electron chi connectivity index (χ1n) is 6.95. The van der Waals surface area contributed by atoms with Gasteiger partial charge in [-0.15, -0.1) is 0 Å². The fourth-order valence-corrected chi connectivity index (χ4v) is 2.49. The molecule has 0 atom stereocenters. The maximum Gasteiger partial charge on any atom is 0.267 e. The van der Waals surface area contributed by atoms with Gasteiger partial charge in [0.15, 0.2) is 0 Å². The van der Waals surface area contributed by atoms with Crippen LogP contribution in [0.15, 0.2) is 27.5 Å². The predicted octanol–water partition coefficient (Wildman–Crippen LogP) is 2.43. The molecule has 2 heterocycles. The van der Waals surface area contributed by atoms with Crippen molar-refractivity contribution >= 4 is 34.3 Å². The molecule has 0 aliphatic rings. The Morgan fingerprint density at radius 2 is 2.17 bits per heavy atom. The van der Waals surface area contributed by atoms with Gasteiger partial charge >= 0.3 is 0 Å². The summed E-state index contributed by atoms with van der Waals surface area (Å²) in [7, 11) is 0. The Kier molecular flexibility index (Phi) is 4.06. The van der Waals surface area contributed by atoms with Crippen molar-refractivity contribution in [2.24, 2.45) is 0 Å². The maximum absolute atomic E-state index is 13.0. The second-order valence-electron chi connectivity index (χ2n) is 5.17. The quantitative estimate of drug-likeness (QED) is 0.783. The van der Waals surface area contributed by atoms with E-state index in [2.05, 4.69) is 15.5 Å². The molecule has 0 aliphatic carbocycles. The molecular weight excluding hydrogens is 339 g/mol. The van der Waals surface area contributed by atoms with Crippen molar-refractivity contribution in [3.05, 3.63) is 50.9 Å². The average Bonchev–Trinajstić information content (AvgIpc) is 2.87. The highest BCUT2D eigenvalue weighted by atomic mass is 35.5. The number of aryl methyl sites for hydroxylation is 2. The number of carbonyl (C=O) groups excluding carboxylic acids is 1. The number of amides is 1. The summed E-state index contributed by atoms with van der Waals surface area (Å²) in [6.45, 7) is 2.93. The number of anilines is 1. The van der Waals surface area contributed by atoms with Gasteiger partial charge in [-0.2, -0.15) is 4.98 Å². The van der Waals surface area contributed by atoms with Crippen LogP contribution in [-0.4, -0.2) is 20.6 Å². The SMILES string of the molecule is Cc1noc2nc(C)n(CC(=O)Nc3ccc(F)cc3Cl)c(=O)c12. The zero-order valence-electron chi connectivity index (χ0n) is 12.8. The standard InChI is InChI=1S/C15H12ClFN4O3/c1-7-13-14(24-20-7)18-8(2)21(15(13)23)6-12(22)19-11-4-3-9(17)5-10(11)16/h3-5H,6H2,1-2H3,(H,19,22). The predicted molar refractivity (Wildman–Crippen MR) is 85.6 cm³/mol. The minimum Gasteiger partial charge on any atom is -0.335 e. The molecule has 124 valence electrons. The summed E-state index contributed by atoms with van der Waals surface area (Å²) in [5.74, 6) is -0.699. The Morgan fingerprint density at radius 1 is 1.42 bits per heavy atom. The summed E-state index contributed by atoms with van der Waals surface area (Å²) in [4.78, 5) is 28.8. The molecule has 0 radical (unpaired) electrons. The zero-order chi connectivity index (χ0) is 17.4. The highest BCUT2D eigenvalue weighted by Gasteiger charge is 2.17. The molecule has 7 nitrogen and oxygen atoms in total. The van der Waals surface area contributed by atoms with E-state index in [0.29, 0.717) is 11.5 Å². The number of fused-ring (bicyclic) bond motifs is 1. The van der Waals surface area contributed by atoms with Crippen LogP contribution in [-0.2, 0) is 11.3 Å². The smallest absolute Gasteiger partial charge is 0.267 e. The number of halogens is 2. The van der Waals surface area contributed by atoms with Crippen LogP contribution in [0, 0.1) is 19.7 Å². The Bertz CT molecular complexity index is 1010. The van der Waals surface area contributed by atoms with Crippen LogP contribution in [0.4, 0.5) is 10.1 Å². The molecule has 1 aromatic carbocycles. The number of carbonyl (C=O) groups is 1. The number of nitrogens with zero attached hydrogens (tertiary/aromatic N) is 3. The lowest BCUT2D eigenvalue weighted by atomic mass is 10.3. The van der Waals surface area contributed by atoms with E-state index in [1.54, 1.807) is 13.8 Å². The Hall–Kier alpha value is -2.74. The van der Waals surface area contributed by atoms with E-state index in [1.807, 2.05) is 0 Å². The third-order valence-corrected chi connectivity index (χ3v) is 3.78. The molecule has 0 saturated heterocycles. The fraction of sp³-hybridized carbons (Fsp3) is 0.200. The van der Waals surface area contributed by atoms with Gasteiger partial charge < -0.3 is 9.84 Å². The number of rotatable bonds is 3.